The van der Waals surface area contributed by atoms with Crippen LogP contribution in [0.15, 0.2) is 53.3 Å². The van der Waals surface area contributed by atoms with E-state index >= 15 is 0 Å². The number of rotatable bonds is 11. The first-order chi connectivity index (χ1) is 13.6. The van der Waals surface area contributed by atoms with Gasteiger partial charge in [0.2, 0.25) is 5.95 Å². The molecule has 0 amide bonds. The van der Waals surface area contributed by atoms with Crippen LogP contribution in [-0.4, -0.2) is 29.3 Å². The quantitative estimate of drug-likeness (QED) is 0.430. The van der Waals surface area contributed by atoms with Crippen LogP contribution >= 0.6 is 0 Å². The molecule has 0 bridgehead atoms. The number of nitrogens with two attached hydrogens (primary N) is 1. The maximum Gasteiger partial charge on any atom is 0.222 e. The molecule has 28 heavy (non-hydrogen) atoms. The number of aromatic nitrogens is 2. The fraction of sp³-hybridized carbons (Fsp3) is 0.409. The van der Waals surface area contributed by atoms with Gasteiger partial charge in [0, 0.05) is 19.0 Å². The second-order valence-corrected chi connectivity index (χ2v) is 6.86. The molecule has 6 heteroatoms. The summed E-state index contributed by atoms with van der Waals surface area (Å²) in [6.07, 6.45) is 8.44. The zero-order valence-electron chi connectivity index (χ0n) is 17.1. The van der Waals surface area contributed by atoms with Gasteiger partial charge < -0.3 is 15.8 Å². The van der Waals surface area contributed by atoms with Crippen LogP contribution in [0, 0.1) is 0 Å². The number of anilines is 2. The van der Waals surface area contributed by atoms with Crippen LogP contribution in [0.5, 0.6) is 5.75 Å². The van der Waals surface area contributed by atoms with E-state index in [1.165, 1.54) is 5.56 Å². The van der Waals surface area contributed by atoms with Crippen molar-refractivity contribution < 1.29 is 4.74 Å². The summed E-state index contributed by atoms with van der Waals surface area (Å²) in [4.78, 5) is 12.7. The van der Waals surface area contributed by atoms with E-state index in [2.05, 4.69) is 58.4 Å². The maximum absolute atomic E-state index is 5.85. The van der Waals surface area contributed by atoms with Gasteiger partial charge in [0.25, 0.3) is 0 Å². The van der Waals surface area contributed by atoms with E-state index in [0.717, 1.165) is 31.4 Å². The molecular formula is C22H31N5O. The summed E-state index contributed by atoms with van der Waals surface area (Å²) < 4.78 is 5.85. The molecular weight excluding hydrogens is 350 g/mol. The van der Waals surface area contributed by atoms with Gasteiger partial charge in [-0.1, -0.05) is 50.6 Å². The first-order valence-corrected chi connectivity index (χ1v) is 9.81. The zero-order chi connectivity index (χ0) is 20.2. The van der Waals surface area contributed by atoms with Crippen LogP contribution in [0.25, 0.3) is 0 Å². The van der Waals surface area contributed by atoms with Crippen LogP contribution in [-0.2, 0) is 0 Å². The highest BCUT2D eigenvalue weighted by Gasteiger charge is 2.07. The lowest BCUT2D eigenvalue weighted by molar-refractivity contribution is 0.350. The molecule has 1 heterocycles. The SMILES string of the molecule is CCCCNc1nc(N)ncc1OC/C(C)=C/N=C\C[C@H](C)c1ccccc1. The fourth-order valence-electron chi connectivity index (χ4n) is 2.55. The Labute approximate surface area is 168 Å². The van der Waals surface area contributed by atoms with E-state index in [-0.39, 0.29) is 5.95 Å². The Morgan fingerprint density at radius 1 is 1.32 bits per heavy atom. The molecule has 1 aromatic carbocycles. The Morgan fingerprint density at radius 3 is 2.86 bits per heavy atom. The molecule has 2 rings (SSSR count). The summed E-state index contributed by atoms with van der Waals surface area (Å²) in [7, 11) is 0. The molecule has 0 saturated carbocycles. The molecule has 150 valence electrons. The molecule has 0 aliphatic rings. The second kappa shape index (κ2) is 11.7. The number of nitrogen functional groups attached to an aromatic ring is 1. The van der Waals surface area contributed by atoms with Gasteiger partial charge in [-0.15, -0.1) is 0 Å². The first-order valence-electron chi connectivity index (χ1n) is 9.81. The number of unbranched alkanes of at least 4 members (excludes halogenated alkanes) is 1. The summed E-state index contributed by atoms with van der Waals surface area (Å²) in [6, 6.07) is 10.5. The van der Waals surface area contributed by atoms with Crippen molar-refractivity contribution in [2.75, 3.05) is 24.2 Å². The van der Waals surface area contributed by atoms with Gasteiger partial charge in [-0.05, 0) is 36.8 Å². The minimum Gasteiger partial charge on any atom is -0.484 e. The predicted molar refractivity (Wildman–Crippen MR) is 117 cm³/mol. The van der Waals surface area contributed by atoms with Crippen molar-refractivity contribution in [3.8, 4) is 5.75 Å². The second-order valence-electron chi connectivity index (χ2n) is 6.86. The van der Waals surface area contributed by atoms with Gasteiger partial charge in [-0.2, -0.15) is 4.98 Å². The molecule has 0 radical (unpaired) electrons. The van der Waals surface area contributed by atoms with Crippen molar-refractivity contribution in [1.82, 2.24) is 9.97 Å². The number of ether oxygens (including phenoxy) is 1. The summed E-state index contributed by atoms with van der Waals surface area (Å²) in [5, 5.41) is 3.25. The van der Waals surface area contributed by atoms with Gasteiger partial charge in [-0.25, -0.2) is 4.98 Å². The van der Waals surface area contributed by atoms with E-state index < -0.39 is 0 Å². The molecule has 0 aliphatic carbocycles. The van der Waals surface area contributed by atoms with Crippen LogP contribution in [0.1, 0.15) is 51.5 Å². The van der Waals surface area contributed by atoms with E-state index in [1.54, 1.807) is 6.20 Å². The fourth-order valence-corrected chi connectivity index (χ4v) is 2.55. The number of nitrogens with zero attached hydrogens (tertiary/aromatic N) is 3. The molecule has 0 unspecified atom stereocenters. The van der Waals surface area contributed by atoms with Gasteiger partial charge >= 0.3 is 0 Å². The normalized spacial score (nSPS) is 12.9. The molecule has 0 aliphatic heterocycles. The molecule has 0 saturated heterocycles. The Morgan fingerprint density at radius 2 is 2.11 bits per heavy atom. The van der Waals surface area contributed by atoms with Gasteiger partial charge in [0.05, 0.1) is 6.20 Å². The van der Waals surface area contributed by atoms with Gasteiger partial charge in [0.15, 0.2) is 11.6 Å². The third-order valence-corrected chi connectivity index (χ3v) is 4.28. The summed E-state index contributed by atoms with van der Waals surface area (Å²) >= 11 is 0. The monoisotopic (exact) mass is 381 g/mol. The van der Waals surface area contributed by atoms with Crippen LogP contribution in [0.4, 0.5) is 11.8 Å². The Balaban J connectivity index is 1.85. The largest absolute Gasteiger partial charge is 0.484 e. The standard InChI is InChI=1S/C22H31N5O/c1-4-5-12-25-21-20(15-26-22(23)27-21)28-16-17(2)14-24-13-11-18(3)19-9-7-6-8-10-19/h6-10,13-15,18H,4-5,11-12,16H2,1-3H3,(H3,23,25,26,27)/b17-14+,24-13-/t18-/m0/s1. The highest BCUT2D eigenvalue weighted by molar-refractivity contribution is 5.59. The average Bonchev–Trinajstić information content (AvgIpc) is 2.71. The minimum atomic E-state index is 0.232. The molecule has 1 aromatic heterocycles. The number of benzene rings is 1. The van der Waals surface area contributed by atoms with E-state index in [0.29, 0.717) is 24.1 Å². The van der Waals surface area contributed by atoms with Crippen molar-refractivity contribution >= 4 is 18.0 Å². The number of hydrogen-bond acceptors (Lipinski definition) is 6. The van der Waals surface area contributed by atoms with E-state index in [4.69, 9.17) is 10.5 Å². The van der Waals surface area contributed by atoms with Crippen molar-refractivity contribution in [3.05, 3.63) is 53.9 Å². The van der Waals surface area contributed by atoms with Crippen LogP contribution < -0.4 is 15.8 Å². The lowest BCUT2D eigenvalue weighted by Crippen LogP contribution is -2.09. The molecule has 1 atom stereocenters. The minimum absolute atomic E-state index is 0.232. The zero-order valence-corrected chi connectivity index (χ0v) is 17.1. The number of aliphatic imine (C=N–C) groups is 1. The highest BCUT2D eigenvalue weighted by Crippen LogP contribution is 2.22. The smallest absolute Gasteiger partial charge is 0.222 e. The van der Waals surface area contributed by atoms with Crippen molar-refractivity contribution in [3.63, 3.8) is 0 Å². The van der Waals surface area contributed by atoms with Gasteiger partial charge in [-0.3, -0.25) is 4.99 Å². The summed E-state index contributed by atoms with van der Waals surface area (Å²) in [6.45, 7) is 7.57. The highest BCUT2D eigenvalue weighted by atomic mass is 16.5. The Bertz CT molecular complexity index is 774. The lowest BCUT2D eigenvalue weighted by Gasteiger charge is -2.12. The lowest BCUT2D eigenvalue weighted by atomic mass is 9.99. The van der Waals surface area contributed by atoms with Gasteiger partial charge in [0.1, 0.15) is 6.61 Å². The first kappa shape index (κ1) is 21.4. The Kier molecular flexibility index (Phi) is 8.98. The number of hydrogen-bond donors (Lipinski definition) is 2. The third kappa shape index (κ3) is 7.39. The Hall–Kier alpha value is -2.89. The van der Waals surface area contributed by atoms with Crippen LogP contribution in [0.2, 0.25) is 0 Å². The predicted octanol–water partition coefficient (Wildman–Crippen LogP) is 4.82. The third-order valence-electron chi connectivity index (χ3n) is 4.28. The maximum atomic E-state index is 5.85. The van der Waals surface area contributed by atoms with Crippen molar-refractivity contribution in [2.45, 2.75) is 46.0 Å². The summed E-state index contributed by atoms with van der Waals surface area (Å²) in [5.41, 5.74) is 8.02. The average molecular weight is 382 g/mol. The van der Waals surface area contributed by atoms with Crippen molar-refractivity contribution in [1.29, 1.82) is 0 Å². The molecule has 0 fully saturated rings. The van der Waals surface area contributed by atoms with Crippen molar-refractivity contribution in [2.24, 2.45) is 4.99 Å². The molecule has 6 nitrogen and oxygen atoms in total. The molecule has 2 aromatic rings. The van der Waals surface area contributed by atoms with Crippen LogP contribution in [0.3, 0.4) is 0 Å². The molecule has 3 N–H and O–H groups in total. The number of nitrogens with one attached hydrogen (secondary N) is 1. The van der Waals surface area contributed by atoms with E-state index in [1.807, 2.05) is 25.4 Å². The molecule has 0 spiro atoms. The topological polar surface area (TPSA) is 85.4 Å². The van der Waals surface area contributed by atoms with E-state index in [9.17, 15) is 0 Å². The summed E-state index contributed by atoms with van der Waals surface area (Å²) in [5.74, 6) is 1.91.